The lowest BCUT2D eigenvalue weighted by Gasteiger charge is -2.40. The van der Waals surface area contributed by atoms with E-state index in [0.29, 0.717) is 25.7 Å². The van der Waals surface area contributed by atoms with Crippen molar-refractivity contribution in [1.29, 1.82) is 0 Å². The number of nitroso groups, excluding NO2 is 1. The zero-order chi connectivity index (χ0) is 24.2. The summed E-state index contributed by atoms with van der Waals surface area (Å²) in [5.41, 5.74) is 6.30. The number of aromatic nitrogens is 1. The van der Waals surface area contributed by atoms with Crippen LogP contribution in [0.1, 0.15) is 6.42 Å². The summed E-state index contributed by atoms with van der Waals surface area (Å²) in [5, 5.41) is 8.47. The van der Waals surface area contributed by atoms with Crippen LogP contribution in [-0.2, 0) is 9.53 Å². The Bertz CT molecular complexity index is 866. The fourth-order valence-corrected chi connectivity index (χ4v) is 5.02. The van der Waals surface area contributed by atoms with Crippen LogP contribution in [0.4, 0.5) is 20.2 Å². The molecule has 1 aromatic heterocycles. The van der Waals surface area contributed by atoms with Crippen molar-refractivity contribution in [3.63, 3.8) is 0 Å². The zero-order valence-corrected chi connectivity index (χ0v) is 19.2. The second-order valence-electron chi connectivity index (χ2n) is 9.06. The van der Waals surface area contributed by atoms with Crippen LogP contribution in [0.5, 0.6) is 0 Å². The summed E-state index contributed by atoms with van der Waals surface area (Å²) in [4.78, 5) is 34.2. The molecule has 1 amide bonds. The first-order chi connectivity index (χ1) is 16.4. The van der Waals surface area contributed by atoms with Gasteiger partial charge in [-0.05, 0) is 13.5 Å². The second kappa shape index (κ2) is 11.0. The lowest BCUT2D eigenvalue weighted by molar-refractivity contribution is -0.124. The van der Waals surface area contributed by atoms with Crippen molar-refractivity contribution in [3.8, 4) is 0 Å². The summed E-state index contributed by atoms with van der Waals surface area (Å²) in [6.45, 7) is 4.21. The average molecular weight is 483 g/mol. The number of halogens is 2. The predicted molar refractivity (Wildman–Crippen MR) is 122 cm³/mol. The van der Waals surface area contributed by atoms with E-state index in [9.17, 15) is 18.5 Å². The van der Waals surface area contributed by atoms with Crippen molar-refractivity contribution in [3.05, 3.63) is 23.1 Å². The Kier molecular flexibility index (Phi) is 7.99. The third-order valence-electron chi connectivity index (χ3n) is 6.83. The van der Waals surface area contributed by atoms with Crippen LogP contribution in [0.2, 0.25) is 0 Å². The average Bonchev–Trinajstić information content (AvgIpc) is 3.36. The SMILES string of the molecule is CN1CC(F)CNC1C(C(=O)Nc1cncc(F)c1N1CCN(C2CCOC2)CC1)C(N)N=O. The van der Waals surface area contributed by atoms with Gasteiger partial charge in [-0.2, -0.15) is 0 Å². The van der Waals surface area contributed by atoms with Crippen molar-refractivity contribution in [2.75, 3.05) is 69.7 Å². The van der Waals surface area contributed by atoms with Gasteiger partial charge in [-0.3, -0.25) is 24.9 Å². The summed E-state index contributed by atoms with van der Waals surface area (Å²) in [6, 6.07) is 0.380. The number of carbonyl (C=O) groups is 1. The second-order valence-corrected chi connectivity index (χ2v) is 9.06. The van der Waals surface area contributed by atoms with Crippen molar-refractivity contribution >= 4 is 17.3 Å². The maximum Gasteiger partial charge on any atom is 0.234 e. The summed E-state index contributed by atoms with van der Waals surface area (Å²) in [6.07, 6.45) is 0.277. The first-order valence-corrected chi connectivity index (χ1v) is 11.6. The molecule has 4 heterocycles. The molecule has 0 bridgehead atoms. The molecule has 0 aromatic carbocycles. The number of nitrogens with one attached hydrogen (secondary N) is 2. The number of carbonyl (C=O) groups excluding carboxylic acids is 1. The quantitative estimate of drug-likeness (QED) is 0.458. The number of hydrogen-bond acceptors (Lipinski definition) is 10. The van der Waals surface area contributed by atoms with Gasteiger partial charge in [0.2, 0.25) is 5.91 Å². The number of ether oxygens (including phenoxy) is 1. The van der Waals surface area contributed by atoms with Crippen molar-refractivity contribution < 1.29 is 18.3 Å². The lowest BCUT2D eigenvalue weighted by Crippen LogP contribution is -2.62. The summed E-state index contributed by atoms with van der Waals surface area (Å²) in [5.74, 6) is -2.30. The first kappa shape index (κ1) is 24.8. The minimum atomic E-state index is -1.38. The van der Waals surface area contributed by atoms with E-state index in [1.807, 2.05) is 4.90 Å². The summed E-state index contributed by atoms with van der Waals surface area (Å²) >= 11 is 0. The molecule has 34 heavy (non-hydrogen) atoms. The number of hydrogen-bond donors (Lipinski definition) is 3. The Hall–Kier alpha value is -2.32. The van der Waals surface area contributed by atoms with E-state index in [1.165, 1.54) is 6.20 Å². The van der Waals surface area contributed by atoms with Crippen LogP contribution in [0, 0.1) is 16.6 Å². The van der Waals surface area contributed by atoms with E-state index in [0.717, 1.165) is 32.3 Å². The molecule has 13 heteroatoms. The number of pyridine rings is 1. The topological polar surface area (TPSA) is 128 Å². The molecule has 5 unspecified atom stereocenters. The standard InChI is InChI=1S/C21H32F2N8O3/c1-29-11-13(22)8-26-20(29)17(19(24)28-33)21(32)27-16-10-25-9-15(23)18(16)31-5-3-30(4-6-31)14-2-7-34-12-14/h9-10,13-14,17,19-20,26H,2-8,11-12,24H2,1H3,(H,27,32). The highest BCUT2D eigenvalue weighted by Gasteiger charge is 2.40. The molecule has 0 radical (unpaired) electrons. The number of piperazine rings is 1. The van der Waals surface area contributed by atoms with Gasteiger partial charge in [0.15, 0.2) is 12.0 Å². The van der Waals surface area contributed by atoms with Gasteiger partial charge in [-0.15, -0.1) is 4.91 Å². The van der Waals surface area contributed by atoms with E-state index in [-0.39, 0.29) is 24.5 Å². The van der Waals surface area contributed by atoms with Crippen LogP contribution < -0.4 is 21.3 Å². The number of amides is 1. The number of alkyl halides is 1. The van der Waals surface area contributed by atoms with E-state index in [4.69, 9.17) is 10.5 Å². The van der Waals surface area contributed by atoms with Gasteiger partial charge in [-0.25, -0.2) is 8.78 Å². The molecule has 1 aromatic rings. The van der Waals surface area contributed by atoms with Crippen LogP contribution in [0.3, 0.4) is 0 Å². The lowest BCUT2D eigenvalue weighted by atomic mass is 9.98. The minimum Gasteiger partial charge on any atom is -0.380 e. The minimum absolute atomic E-state index is 0.0213. The molecule has 188 valence electrons. The van der Waals surface area contributed by atoms with E-state index in [1.54, 1.807) is 11.9 Å². The van der Waals surface area contributed by atoms with Gasteiger partial charge in [0.05, 0.1) is 30.9 Å². The van der Waals surface area contributed by atoms with Crippen LogP contribution in [0.25, 0.3) is 0 Å². The van der Waals surface area contributed by atoms with Crippen molar-refractivity contribution in [1.82, 2.24) is 20.1 Å². The Morgan fingerprint density at radius 1 is 1.35 bits per heavy atom. The molecule has 3 fully saturated rings. The highest BCUT2D eigenvalue weighted by Crippen LogP contribution is 2.31. The molecular weight excluding hydrogens is 450 g/mol. The maximum absolute atomic E-state index is 14.9. The first-order valence-electron chi connectivity index (χ1n) is 11.6. The van der Waals surface area contributed by atoms with E-state index in [2.05, 4.69) is 25.7 Å². The monoisotopic (exact) mass is 482 g/mol. The molecule has 3 aliphatic heterocycles. The van der Waals surface area contributed by atoms with E-state index >= 15 is 0 Å². The smallest absolute Gasteiger partial charge is 0.234 e. The normalized spacial score (nSPS) is 28.5. The van der Waals surface area contributed by atoms with Gasteiger partial charge in [-0.1, -0.05) is 5.18 Å². The largest absolute Gasteiger partial charge is 0.380 e. The molecule has 4 rings (SSSR count). The summed E-state index contributed by atoms with van der Waals surface area (Å²) < 4.78 is 34.1. The van der Waals surface area contributed by atoms with Gasteiger partial charge in [0, 0.05) is 51.9 Å². The zero-order valence-electron chi connectivity index (χ0n) is 19.2. The molecular formula is C21H32F2N8O3. The molecule has 0 saturated carbocycles. The number of rotatable bonds is 7. The number of anilines is 2. The van der Waals surface area contributed by atoms with Gasteiger partial charge in [0.25, 0.3) is 0 Å². The van der Waals surface area contributed by atoms with Gasteiger partial charge < -0.3 is 20.7 Å². The highest BCUT2D eigenvalue weighted by atomic mass is 19.1. The van der Waals surface area contributed by atoms with Crippen molar-refractivity contribution in [2.45, 2.75) is 31.0 Å². The third kappa shape index (κ3) is 5.33. The van der Waals surface area contributed by atoms with E-state index < -0.39 is 36.1 Å². The molecule has 4 N–H and O–H groups in total. The van der Waals surface area contributed by atoms with Gasteiger partial charge >= 0.3 is 0 Å². The van der Waals surface area contributed by atoms with Crippen LogP contribution >= 0.6 is 0 Å². The van der Waals surface area contributed by atoms with Crippen LogP contribution in [0.15, 0.2) is 17.6 Å². The number of nitrogens with two attached hydrogens (primary N) is 1. The summed E-state index contributed by atoms with van der Waals surface area (Å²) in [7, 11) is 1.63. The molecule has 11 nitrogen and oxygen atoms in total. The Labute approximate surface area is 196 Å². The van der Waals surface area contributed by atoms with Crippen LogP contribution in [-0.4, -0.2) is 105 Å². The molecule has 3 saturated heterocycles. The Balaban J connectivity index is 1.50. The van der Waals surface area contributed by atoms with Gasteiger partial charge in [0.1, 0.15) is 17.8 Å². The molecule has 5 atom stereocenters. The highest BCUT2D eigenvalue weighted by molar-refractivity contribution is 5.96. The fourth-order valence-electron chi connectivity index (χ4n) is 5.02. The Morgan fingerprint density at radius 2 is 2.12 bits per heavy atom. The number of nitrogens with zero attached hydrogens (tertiary/aromatic N) is 5. The third-order valence-corrected chi connectivity index (χ3v) is 6.83. The predicted octanol–water partition coefficient (Wildman–Crippen LogP) is -0.0633. The fraction of sp³-hybridized carbons (Fsp3) is 0.714. The Morgan fingerprint density at radius 3 is 2.76 bits per heavy atom. The maximum atomic E-state index is 14.9. The molecule has 0 aliphatic carbocycles. The van der Waals surface area contributed by atoms with Crippen molar-refractivity contribution in [2.24, 2.45) is 16.8 Å². The molecule has 3 aliphatic rings. The molecule has 0 spiro atoms.